The van der Waals surface area contributed by atoms with Gasteiger partial charge in [-0.15, -0.1) is 0 Å². The smallest absolute Gasteiger partial charge is 0.126 e. The summed E-state index contributed by atoms with van der Waals surface area (Å²) in [4.78, 5) is 0. The molecule has 1 N–H and O–H groups in total. The van der Waals surface area contributed by atoms with Gasteiger partial charge in [-0.2, -0.15) is 0 Å². The molecule has 2 atom stereocenters. The van der Waals surface area contributed by atoms with Gasteiger partial charge in [0.15, 0.2) is 0 Å². The molecule has 2 unspecified atom stereocenters. The van der Waals surface area contributed by atoms with E-state index in [2.05, 4.69) is 12.2 Å². The number of rotatable bonds is 5. The van der Waals surface area contributed by atoms with E-state index in [0.717, 1.165) is 18.4 Å². The monoisotopic (exact) mass is 269 g/mol. The molecular formula is C14H20FNOS. The van der Waals surface area contributed by atoms with Crippen LogP contribution in [-0.2, 0) is 10.8 Å². The molecule has 1 aliphatic carbocycles. The summed E-state index contributed by atoms with van der Waals surface area (Å²) >= 11 is 0. The average molecular weight is 269 g/mol. The number of hydrogen-bond acceptors (Lipinski definition) is 2. The minimum Gasteiger partial charge on any atom is -0.311 e. The van der Waals surface area contributed by atoms with E-state index in [-0.39, 0.29) is 11.9 Å². The Bertz CT molecular complexity index is 432. The van der Waals surface area contributed by atoms with Gasteiger partial charge in [-0.25, -0.2) is 4.39 Å². The van der Waals surface area contributed by atoms with E-state index in [1.54, 1.807) is 12.3 Å². The third-order valence-corrected chi connectivity index (χ3v) is 4.46. The van der Waals surface area contributed by atoms with Crippen LogP contribution in [0.15, 0.2) is 24.3 Å². The second kappa shape index (κ2) is 5.93. The summed E-state index contributed by atoms with van der Waals surface area (Å²) in [5.41, 5.74) is 0.835. The van der Waals surface area contributed by atoms with E-state index in [1.807, 2.05) is 12.1 Å². The van der Waals surface area contributed by atoms with Gasteiger partial charge in [0.2, 0.25) is 0 Å². The summed E-state index contributed by atoms with van der Waals surface area (Å²) in [6.45, 7) is 2.05. The Morgan fingerprint density at radius 3 is 2.72 bits per heavy atom. The molecule has 4 heteroatoms. The van der Waals surface area contributed by atoms with E-state index in [9.17, 15) is 8.60 Å². The first-order valence-electron chi connectivity index (χ1n) is 6.36. The second-order valence-electron chi connectivity index (χ2n) is 5.19. The zero-order valence-electron chi connectivity index (χ0n) is 10.9. The fourth-order valence-corrected chi connectivity index (χ4v) is 3.42. The molecule has 1 fully saturated rings. The number of nitrogens with one attached hydrogen (secondary N) is 1. The van der Waals surface area contributed by atoms with Crippen molar-refractivity contribution < 1.29 is 8.60 Å². The van der Waals surface area contributed by atoms with Gasteiger partial charge in [-0.1, -0.05) is 18.2 Å². The highest BCUT2D eigenvalue weighted by molar-refractivity contribution is 7.84. The van der Waals surface area contributed by atoms with Gasteiger partial charge in [0, 0.05) is 34.9 Å². The van der Waals surface area contributed by atoms with Crippen molar-refractivity contribution >= 4 is 10.8 Å². The maximum atomic E-state index is 13.6. The lowest BCUT2D eigenvalue weighted by Crippen LogP contribution is -2.46. The van der Waals surface area contributed by atoms with Gasteiger partial charge in [0.05, 0.1) is 0 Å². The number of benzene rings is 1. The molecule has 2 nitrogen and oxygen atoms in total. The first-order valence-corrected chi connectivity index (χ1v) is 8.09. The molecule has 0 radical (unpaired) electrons. The van der Waals surface area contributed by atoms with Crippen molar-refractivity contribution in [1.29, 1.82) is 0 Å². The normalized spacial score (nSPS) is 26.4. The van der Waals surface area contributed by atoms with Crippen LogP contribution in [-0.4, -0.2) is 28.3 Å². The van der Waals surface area contributed by atoms with Crippen molar-refractivity contribution in [3.63, 3.8) is 0 Å². The molecular weight excluding hydrogens is 249 g/mol. The molecule has 1 aliphatic rings. The summed E-state index contributed by atoms with van der Waals surface area (Å²) in [5.74, 6) is 0.924. The summed E-state index contributed by atoms with van der Waals surface area (Å²) in [6.07, 6.45) is 3.67. The molecule has 0 aromatic heterocycles. The molecule has 0 aliphatic heterocycles. The molecule has 1 aromatic rings. The average Bonchev–Trinajstić information content (AvgIpc) is 2.23. The zero-order chi connectivity index (χ0) is 13.1. The Morgan fingerprint density at radius 2 is 2.11 bits per heavy atom. The SMILES string of the molecule is CC(CS(C)=O)NC1CC(c2ccccc2F)C1. The third kappa shape index (κ3) is 3.39. The van der Waals surface area contributed by atoms with Crippen LogP contribution in [0.1, 0.15) is 31.2 Å². The van der Waals surface area contributed by atoms with Gasteiger partial charge in [-0.05, 0) is 37.3 Å². The van der Waals surface area contributed by atoms with E-state index in [4.69, 9.17) is 0 Å². The Labute approximate surface area is 110 Å². The van der Waals surface area contributed by atoms with Gasteiger partial charge in [0.1, 0.15) is 5.82 Å². The van der Waals surface area contributed by atoms with Crippen LogP contribution in [0.25, 0.3) is 0 Å². The molecule has 1 saturated carbocycles. The standard InChI is InChI=1S/C14H20FNOS/c1-10(9-18(2)17)16-12-7-11(8-12)13-5-3-4-6-14(13)15/h3-6,10-12,16H,7-9H2,1-2H3. The third-order valence-electron chi connectivity index (χ3n) is 3.49. The molecule has 2 rings (SSSR count). The lowest BCUT2D eigenvalue weighted by molar-refractivity contribution is 0.271. The Hall–Kier alpha value is -0.740. The van der Waals surface area contributed by atoms with Crippen molar-refractivity contribution in [2.45, 2.75) is 37.8 Å². The van der Waals surface area contributed by atoms with Gasteiger partial charge >= 0.3 is 0 Å². The van der Waals surface area contributed by atoms with Crippen LogP contribution in [0, 0.1) is 5.82 Å². The maximum absolute atomic E-state index is 13.6. The first kappa shape index (κ1) is 13.7. The summed E-state index contributed by atoms with van der Waals surface area (Å²) in [7, 11) is -0.761. The van der Waals surface area contributed by atoms with E-state index in [1.165, 1.54) is 6.07 Å². The lowest BCUT2D eigenvalue weighted by Gasteiger charge is -2.38. The first-order chi connectivity index (χ1) is 8.56. The van der Waals surface area contributed by atoms with E-state index < -0.39 is 10.8 Å². The predicted molar refractivity (Wildman–Crippen MR) is 73.7 cm³/mol. The van der Waals surface area contributed by atoms with Gasteiger partial charge < -0.3 is 5.32 Å². The molecule has 100 valence electrons. The Morgan fingerprint density at radius 1 is 1.44 bits per heavy atom. The molecule has 0 heterocycles. The fraction of sp³-hybridized carbons (Fsp3) is 0.571. The zero-order valence-corrected chi connectivity index (χ0v) is 11.7. The van der Waals surface area contributed by atoms with Crippen LogP contribution in [0.3, 0.4) is 0 Å². The summed E-state index contributed by atoms with van der Waals surface area (Å²) < 4.78 is 24.7. The molecule has 18 heavy (non-hydrogen) atoms. The van der Waals surface area contributed by atoms with Crippen LogP contribution in [0.5, 0.6) is 0 Å². The molecule has 1 aromatic carbocycles. The van der Waals surface area contributed by atoms with E-state index in [0.29, 0.717) is 17.7 Å². The predicted octanol–water partition coefficient (Wildman–Crippen LogP) is 2.43. The Balaban J connectivity index is 1.81. The number of halogens is 1. The Kier molecular flexibility index (Phi) is 4.51. The van der Waals surface area contributed by atoms with Crippen molar-refractivity contribution in [2.75, 3.05) is 12.0 Å². The maximum Gasteiger partial charge on any atom is 0.126 e. The van der Waals surface area contributed by atoms with Crippen molar-refractivity contribution in [3.05, 3.63) is 35.6 Å². The van der Waals surface area contributed by atoms with Crippen LogP contribution in [0.2, 0.25) is 0 Å². The highest BCUT2D eigenvalue weighted by Crippen LogP contribution is 2.38. The van der Waals surface area contributed by atoms with E-state index >= 15 is 0 Å². The van der Waals surface area contributed by atoms with Crippen LogP contribution in [0.4, 0.5) is 4.39 Å². The van der Waals surface area contributed by atoms with Gasteiger partial charge in [0.25, 0.3) is 0 Å². The van der Waals surface area contributed by atoms with Gasteiger partial charge in [-0.3, -0.25) is 4.21 Å². The van der Waals surface area contributed by atoms with Crippen molar-refractivity contribution in [2.24, 2.45) is 0 Å². The minimum absolute atomic E-state index is 0.0938. The molecule has 0 amide bonds. The van der Waals surface area contributed by atoms with Crippen LogP contribution < -0.4 is 5.32 Å². The lowest BCUT2D eigenvalue weighted by atomic mass is 9.75. The quantitative estimate of drug-likeness (QED) is 0.889. The molecule has 0 saturated heterocycles. The highest BCUT2D eigenvalue weighted by atomic mass is 32.2. The van der Waals surface area contributed by atoms with Crippen molar-refractivity contribution in [3.8, 4) is 0 Å². The summed E-state index contributed by atoms with van der Waals surface area (Å²) in [5, 5.41) is 3.45. The largest absolute Gasteiger partial charge is 0.311 e. The molecule has 0 spiro atoms. The highest BCUT2D eigenvalue weighted by Gasteiger charge is 2.32. The second-order valence-corrected chi connectivity index (χ2v) is 6.67. The number of hydrogen-bond donors (Lipinski definition) is 1. The topological polar surface area (TPSA) is 29.1 Å². The molecule has 0 bridgehead atoms. The summed E-state index contributed by atoms with van der Waals surface area (Å²) in [6, 6.07) is 7.73. The fourth-order valence-electron chi connectivity index (χ4n) is 2.62. The van der Waals surface area contributed by atoms with Crippen LogP contribution >= 0.6 is 0 Å². The van der Waals surface area contributed by atoms with Crippen molar-refractivity contribution in [1.82, 2.24) is 5.32 Å². The minimum atomic E-state index is -0.761.